The quantitative estimate of drug-likeness (QED) is 0.515. The summed E-state index contributed by atoms with van der Waals surface area (Å²) in [6.45, 7) is 0. The van der Waals surface area contributed by atoms with Gasteiger partial charge in [-0.25, -0.2) is 8.42 Å². The van der Waals surface area contributed by atoms with Crippen LogP contribution in [-0.2, 0) is 10.0 Å². The SMILES string of the molecule is COc1ccc(S(=O)(=O)N[C@@H](c2ccccc2)c2c[nH]c3ccccc23)cc1. The minimum absolute atomic E-state index is 0.189. The van der Waals surface area contributed by atoms with Crippen LogP contribution in [0.15, 0.2) is 90.0 Å². The highest BCUT2D eigenvalue weighted by Crippen LogP contribution is 2.30. The van der Waals surface area contributed by atoms with E-state index in [1.54, 1.807) is 31.4 Å². The molecule has 0 aliphatic heterocycles. The van der Waals surface area contributed by atoms with Gasteiger partial charge in [0.25, 0.3) is 0 Å². The molecule has 4 rings (SSSR count). The van der Waals surface area contributed by atoms with Gasteiger partial charge in [-0.3, -0.25) is 0 Å². The van der Waals surface area contributed by atoms with Gasteiger partial charge >= 0.3 is 0 Å². The van der Waals surface area contributed by atoms with Gasteiger partial charge in [-0.15, -0.1) is 0 Å². The van der Waals surface area contributed by atoms with Crippen LogP contribution in [0.1, 0.15) is 17.2 Å². The second-order valence-corrected chi connectivity index (χ2v) is 8.14. The van der Waals surface area contributed by atoms with Gasteiger partial charge in [-0.2, -0.15) is 4.72 Å². The molecule has 0 fully saturated rings. The minimum atomic E-state index is -3.75. The maximum Gasteiger partial charge on any atom is 0.241 e. The Kier molecular flexibility index (Phi) is 4.90. The molecule has 0 unspecified atom stereocenters. The van der Waals surface area contributed by atoms with Crippen molar-refractivity contribution in [3.05, 3.63) is 96.2 Å². The molecule has 0 amide bonds. The predicted octanol–water partition coefficient (Wildman–Crippen LogP) is 4.24. The van der Waals surface area contributed by atoms with E-state index in [9.17, 15) is 8.42 Å². The number of methoxy groups -OCH3 is 1. The summed E-state index contributed by atoms with van der Waals surface area (Å²) in [5, 5.41) is 0.980. The molecule has 28 heavy (non-hydrogen) atoms. The highest BCUT2D eigenvalue weighted by molar-refractivity contribution is 7.89. The Labute approximate surface area is 164 Å². The number of hydrogen-bond donors (Lipinski definition) is 2. The zero-order valence-electron chi connectivity index (χ0n) is 15.3. The molecule has 0 saturated heterocycles. The fraction of sp³-hybridized carbons (Fsp3) is 0.0909. The number of para-hydroxylation sites is 1. The molecule has 6 heteroatoms. The summed E-state index contributed by atoms with van der Waals surface area (Å²) in [5.74, 6) is 0.607. The Balaban J connectivity index is 1.78. The van der Waals surface area contributed by atoms with E-state index >= 15 is 0 Å². The van der Waals surface area contributed by atoms with E-state index < -0.39 is 16.1 Å². The van der Waals surface area contributed by atoms with Crippen LogP contribution in [0.3, 0.4) is 0 Å². The summed E-state index contributed by atoms with van der Waals surface area (Å²) in [6.07, 6.45) is 1.86. The van der Waals surface area contributed by atoms with Crippen LogP contribution >= 0.6 is 0 Å². The van der Waals surface area contributed by atoms with Crippen LogP contribution in [0, 0.1) is 0 Å². The number of aromatic amines is 1. The lowest BCUT2D eigenvalue weighted by Crippen LogP contribution is -2.29. The first kappa shape index (κ1) is 18.3. The number of nitrogens with one attached hydrogen (secondary N) is 2. The van der Waals surface area contributed by atoms with Gasteiger partial charge in [0.1, 0.15) is 5.75 Å². The van der Waals surface area contributed by atoms with Gasteiger partial charge in [0, 0.05) is 17.1 Å². The van der Waals surface area contributed by atoms with E-state index in [1.807, 2.05) is 60.8 Å². The Morgan fingerprint density at radius 2 is 1.57 bits per heavy atom. The number of ether oxygens (including phenoxy) is 1. The van der Waals surface area contributed by atoms with Gasteiger partial charge in [0.2, 0.25) is 10.0 Å². The topological polar surface area (TPSA) is 71.2 Å². The lowest BCUT2D eigenvalue weighted by molar-refractivity contribution is 0.414. The Bertz CT molecular complexity index is 1180. The number of aromatic nitrogens is 1. The van der Waals surface area contributed by atoms with Crippen LogP contribution in [-0.4, -0.2) is 20.5 Å². The maximum atomic E-state index is 13.1. The summed E-state index contributed by atoms with van der Waals surface area (Å²) in [4.78, 5) is 3.42. The number of fused-ring (bicyclic) bond motifs is 1. The largest absolute Gasteiger partial charge is 0.497 e. The molecular formula is C22H20N2O3S. The first-order valence-electron chi connectivity index (χ1n) is 8.86. The van der Waals surface area contributed by atoms with E-state index in [0.717, 1.165) is 22.0 Å². The molecule has 1 heterocycles. The highest BCUT2D eigenvalue weighted by Gasteiger charge is 2.25. The normalized spacial score (nSPS) is 12.8. The smallest absolute Gasteiger partial charge is 0.241 e. The second kappa shape index (κ2) is 7.50. The van der Waals surface area contributed by atoms with Crippen molar-refractivity contribution in [3.63, 3.8) is 0 Å². The molecule has 1 atom stereocenters. The van der Waals surface area contributed by atoms with Crippen LogP contribution < -0.4 is 9.46 Å². The summed E-state index contributed by atoms with van der Waals surface area (Å²) in [7, 11) is -2.20. The molecule has 0 spiro atoms. The van der Waals surface area contributed by atoms with Crippen molar-refractivity contribution in [1.82, 2.24) is 9.71 Å². The second-order valence-electron chi connectivity index (χ2n) is 6.43. The Morgan fingerprint density at radius 3 is 2.29 bits per heavy atom. The molecule has 3 aromatic carbocycles. The molecule has 0 bridgehead atoms. The van der Waals surface area contributed by atoms with Gasteiger partial charge in [0.05, 0.1) is 18.0 Å². The lowest BCUT2D eigenvalue weighted by atomic mass is 9.99. The van der Waals surface area contributed by atoms with E-state index in [2.05, 4.69) is 9.71 Å². The van der Waals surface area contributed by atoms with Crippen molar-refractivity contribution in [2.24, 2.45) is 0 Å². The number of H-pyrrole nitrogens is 1. The minimum Gasteiger partial charge on any atom is -0.497 e. The number of sulfonamides is 1. The Hall–Kier alpha value is -3.09. The van der Waals surface area contributed by atoms with Gasteiger partial charge < -0.3 is 9.72 Å². The van der Waals surface area contributed by atoms with Crippen molar-refractivity contribution in [2.45, 2.75) is 10.9 Å². The third kappa shape index (κ3) is 3.52. The highest BCUT2D eigenvalue weighted by atomic mass is 32.2. The number of hydrogen-bond acceptors (Lipinski definition) is 3. The lowest BCUT2D eigenvalue weighted by Gasteiger charge is -2.19. The third-order valence-corrected chi connectivity index (χ3v) is 6.15. The average molecular weight is 392 g/mol. The summed E-state index contributed by atoms with van der Waals surface area (Å²) in [5.41, 5.74) is 2.70. The van der Waals surface area contributed by atoms with E-state index in [1.165, 1.54) is 0 Å². The molecule has 0 saturated carbocycles. The molecule has 2 N–H and O–H groups in total. The van der Waals surface area contributed by atoms with Crippen molar-refractivity contribution < 1.29 is 13.2 Å². The van der Waals surface area contributed by atoms with Crippen molar-refractivity contribution >= 4 is 20.9 Å². The molecule has 142 valence electrons. The first-order valence-corrected chi connectivity index (χ1v) is 10.3. The monoisotopic (exact) mass is 392 g/mol. The summed E-state index contributed by atoms with van der Waals surface area (Å²) < 4.78 is 34.2. The third-order valence-electron chi connectivity index (χ3n) is 4.71. The standard InChI is InChI=1S/C22H20N2O3S/c1-27-17-11-13-18(14-12-17)28(25,26)24-22(16-7-3-2-4-8-16)20-15-23-21-10-6-5-9-19(20)21/h2-15,22-24H,1H3/t22-/m0/s1. The van der Waals surface area contributed by atoms with Gasteiger partial charge in [0.15, 0.2) is 0 Å². The van der Waals surface area contributed by atoms with Crippen molar-refractivity contribution in [2.75, 3.05) is 7.11 Å². The van der Waals surface area contributed by atoms with Crippen molar-refractivity contribution in [1.29, 1.82) is 0 Å². The zero-order chi connectivity index (χ0) is 19.6. The number of rotatable bonds is 6. The molecule has 0 radical (unpaired) electrons. The fourth-order valence-electron chi connectivity index (χ4n) is 3.27. The first-order chi connectivity index (χ1) is 13.6. The average Bonchev–Trinajstić information content (AvgIpc) is 3.17. The summed E-state index contributed by atoms with van der Waals surface area (Å²) >= 11 is 0. The molecule has 0 aliphatic rings. The van der Waals surface area contributed by atoms with E-state index in [4.69, 9.17) is 4.74 Å². The van der Waals surface area contributed by atoms with Crippen LogP contribution in [0.2, 0.25) is 0 Å². The molecular weight excluding hydrogens is 372 g/mol. The molecule has 0 aliphatic carbocycles. The zero-order valence-corrected chi connectivity index (χ0v) is 16.1. The van der Waals surface area contributed by atoms with Crippen molar-refractivity contribution in [3.8, 4) is 5.75 Å². The summed E-state index contributed by atoms with van der Waals surface area (Å²) in [6, 6.07) is 23.2. The van der Waals surface area contributed by atoms with E-state index in [-0.39, 0.29) is 4.90 Å². The van der Waals surface area contributed by atoms with Crippen LogP contribution in [0.5, 0.6) is 5.75 Å². The van der Waals surface area contributed by atoms with Crippen LogP contribution in [0.4, 0.5) is 0 Å². The molecule has 1 aromatic heterocycles. The Morgan fingerprint density at radius 1 is 0.893 bits per heavy atom. The molecule has 4 aromatic rings. The van der Waals surface area contributed by atoms with E-state index in [0.29, 0.717) is 5.75 Å². The maximum absolute atomic E-state index is 13.1. The molecule has 5 nitrogen and oxygen atoms in total. The van der Waals surface area contributed by atoms with Crippen LogP contribution in [0.25, 0.3) is 10.9 Å². The fourth-order valence-corrected chi connectivity index (χ4v) is 4.47. The predicted molar refractivity (Wildman–Crippen MR) is 110 cm³/mol. The van der Waals surface area contributed by atoms with Gasteiger partial charge in [-0.1, -0.05) is 48.5 Å². The van der Waals surface area contributed by atoms with Gasteiger partial charge in [-0.05, 0) is 41.5 Å². The number of benzene rings is 3.